The average Bonchev–Trinajstić information content (AvgIpc) is 3.37. The van der Waals surface area contributed by atoms with Crippen molar-refractivity contribution in [2.24, 2.45) is 0 Å². The smallest absolute Gasteiger partial charge is 0.462 e. The lowest BCUT2D eigenvalue weighted by molar-refractivity contribution is -0.161. The fourth-order valence-corrected chi connectivity index (χ4v) is 8.82. The van der Waals surface area contributed by atoms with Gasteiger partial charge in [-0.2, -0.15) is 0 Å². The first-order valence-corrected chi connectivity index (χ1v) is 30.7. The summed E-state index contributed by atoms with van der Waals surface area (Å²) in [6, 6.07) is 0. The molecule has 11 nitrogen and oxygen atoms in total. The first-order chi connectivity index (χ1) is 35.2. The second-order valence-electron chi connectivity index (χ2n) is 19.4. The van der Waals surface area contributed by atoms with Crippen LogP contribution in [0.25, 0.3) is 0 Å². The highest BCUT2D eigenvalue weighted by molar-refractivity contribution is 7.47. The Morgan fingerprint density at radius 2 is 0.722 bits per heavy atom. The van der Waals surface area contributed by atoms with Gasteiger partial charge in [-0.05, 0) is 57.8 Å². The topological polar surface area (TPSA) is 155 Å². The molecule has 0 spiro atoms. The molecule has 0 aliphatic rings. The van der Waals surface area contributed by atoms with Crippen molar-refractivity contribution in [2.45, 2.75) is 277 Å². The number of unbranched alkanes of at least 4 members (excludes halogenated alkanes) is 27. The predicted octanol–water partition coefficient (Wildman–Crippen LogP) is 17.1. The molecule has 0 aromatic heterocycles. The van der Waals surface area contributed by atoms with E-state index in [0.29, 0.717) is 25.7 Å². The van der Waals surface area contributed by atoms with Crippen LogP contribution in [0.3, 0.4) is 0 Å². The van der Waals surface area contributed by atoms with Crippen molar-refractivity contribution >= 4 is 25.7 Å². The van der Waals surface area contributed by atoms with Crippen molar-refractivity contribution in [2.75, 3.05) is 26.4 Å². The largest absolute Gasteiger partial charge is 0.472 e. The van der Waals surface area contributed by atoms with E-state index in [-0.39, 0.29) is 25.9 Å². The van der Waals surface area contributed by atoms with Crippen molar-refractivity contribution in [1.82, 2.24) is 0 Å². The summed E-state index contributed by atoms with van der Waals surface area (Å²) < 4.78 is 39.4. The molecular formula is C60H107O11P. The normalized spacial score (nSPS) is 13.8. The number of carbonyl (C=O) groups excluding carboxylic acids is 3. The number of ether oxygens (including phenoxy) is 3. The summed E-state index contributed by atoms with van der Waals surface area (Å²) in [7, 11) is -4.76. The fourth-order valence-electron chi connectivity index (χ4n) is 8.04. The van der Waals surface area contributed by atoms with Crippen LogP contribution in [0.15, 0.2) is 60.8 Å². The minimum absolute atomic E-state index is 0.0911. The van der Waals surface area contributed by atoms with Crippen LogP contribution in [0.4, 0.5) is 0 Å². The van der Waals surface area contributed by atoms with Crippen molar-refractivity contribution in [3.63, 3.8) is 0 Å². The first kappa shape index (κ1) is 69.2. The zero-order valence-electron chi connectivity index (χ0n) is 46.1. The van der Waals surface area contributed by atoms with Crippen LogP contribution < -0.4 is 0 Å². The van der Waals surface area contributed by atoms with Gasteiger partial charge in [-0.1, -0.05) is 248 Å². The molecule has 0 heterocycles. The lowest BCUT2D eigenvalue weighted by Gasteiger charge is -2.21. The van der Waals surface area contributed by atoms with Gasteiger partial charge in [0, 0.05) is 19.3 Å². The van der Waals surface area contributed by atoms with E-state index in [0.717, 1.165) is 70.6 Å². The molecule has 418 valence electrons. The van der Waals surface area contributed by atoms with Crippen LogP contribution in [0, 0.1) is 0 Å². The van der Waals surface area contributed by atoms with E-state index in [1.54, 1.807) is 0 Å². The van der Waals surface area contributed by atoms with Gasteiger partial charge in [0.2, 0.25) is 0 Å². The van der Waals surface area contributed by atoms with E-state index in [2.05, 4.69) is 69.4 Å². The monoisotopic (exact) mass is 1030 g/mol. The molecule has 72 heavy (non-hydrogen) atoms. The number of rotatable bonds is 54. The predicted molar refractivity (Wildman–Crippen MR) is 298 cm³/mol. The van der Waals surface area contributed by atoms with Gasteiger partial charge < -0.3 is 24.2 Å². The Hall–Kier alpha value is -2.82. The van der Waals surface area contributed by atoms with Crippen LogP contribution in [-0.2, 0) is 42.2 Å². The first-order valence-electron chi connectivity index (χ1n) is 29.2. The molecule has 0 aliphatic carbocycles. The van der Waals surface area contributed by atoms with Crippen molar-refractivity contribution < 1.29 is 52.2 Å². The Balaban J connectivity index is 4.71. The quantitative estimate of drug-likeness (QED) is 0.0197. The molecule has 0 bridgehead atoms. The lowest BCUT2D eigenvalue weighted by Crippen LogP contribution is -2.30. The maximum absolute atomic E-state index is 12.9. The average molecular weight is 1040 g/mol. The number of esters is 3. The summed E-state index contributed by atoms with van der Waals surface area (Å²) in [5, 5.41) is 9.82. The van der Waals surface area contributed by atoms with Gasteiger partial charge in [0.05, 0.1) is 19.8 Å². The van der Waals surface area contributed by atoms with E-state index < -0.39 is 57.8 Å². The summed E-state index contributed by atoms with van der Waals surface area (Å²) in [6.45, 7) is 4.49. The fraction of sp³-hybridized carbons (Fsp3) is 0.783. The van der Waals surface area contributed by atoms with Gasteiger partial charge >= 0.3 is 25.7 Å². The molecule has 0 fully saturated rings. The molecule has 12 heteroatoms. The third-order valence-corrected chi connectivity index (χ3v) is 13.4. The van der Waals surface area contributed by atoms with Crippen molar-refractivity contribution in [3.8, 4) is 0 Å². The summed E-state index contributed by atoms with van der Waals surface area (Å²) in [5.74, 6) is -1.52. The van der Waals surface area contributed by atoms with Crippen LogP contribution >= 0.6 is 7.82 Å². The van der Waals surface area contributed by atoms with Crippen LogP contribution in [-0.4, -0.2) is 66.5 Å². The third-order valence-electron chi connectivity index (χ3n) is 12.5. The molecular weight excluding hydrogens is 928 g/mol. The maximum Gasteiger partial charge on any atom is 0.472 e. The minimum atomic E-state index is -4.76. The van der Waals surface area contributed by atoms with Gasteiger partial charge in [0.15, 0.2) is 6.10 Å². The van der Waals surface area contributed by atoms with E-state index in [4.69, 9.17) is 23.3 Å². The Labute approximate surface area is 440 Å². The van der Waals surface area contributed by atoms with Crippen LogP contribution in [0.2, 0.25) is 0 Å². The van der Waals surface area contributed by atoms with Crippen LogP contribution in [0.5, 0.6) is 0 Å². The number of allylic oxidation sites excluding steroid dienone is 10. The maximum atomic E-state index is 12.9. The van der Waals surface area contributed by atoms with Gasteiger partial charge in [0.1, 0.15) is 12.7 Å². The Morgan fingerprint density at radius 3 is 1.11 bits per heavy atom. The molecule has 3 atom stereocenters. The second kappa shape index (κ2) is 54.4. The van der Waals surface area contributed by atoms with Gasteiger partial charge in [-0.25, -0.2) is 4.57 Å². The molecule has 0 saturated carbocycles. The number of hydrogen-bond donors (Lipinski definition) is 2. The highest BCUT2D eigenvalue weighted by Crippen LogP contribution is 2.43. The molecule has 0 aliphatic heterocycles. The zero-order chi connectivity index (χ0) is 52.7. The van der Waals surface area contributed by atoms with E-state index in [1.165, 1.54) is 128 Å². The number of hydrogen-bond acceptors (Lipinski definition) is 10. The number of carbonyl (C=O) groups is 3. The van der Waals surface area contributed by atoms with E-state index in [9.17, 15) is 28.9 Å². The van der Waals surface area contributed by atoms with E-state index >= 15 is 0 Å². The molecule has 2 N–H and O–H groups in total. The Bertz CT molecular complexity index is 1440. The van der Waals surface area contributed by atoms with Gasteiger partial charge in [-0.3, -0.25) is 23.4 Å². The SMILES string of the molecule is CC/C=C\C/C=C\C/C=C\C/C=C\C/C=C\CCCC(=O)OC(COC(=O)CCCCCCCCCCCCC)COP(=O)(O)OCC(CO)OC(=O)CCCCCCCCCCCCCCCCCCC. The molecule has 0 radical (unpaired) electrons. The molecule has 0 saturated heterocycles. The third kappa shape index (κ3) is 52.1. The number of phosphoric acid groups is 1. The lowest BCUT2D eigenvalue weighted by atomic mass is 10.0. The molecule has 0 aromatic carbocycles. The zero-order valence-corrected chi connectivity index (χ0v) is 47.0. The summed E-state index contributed by atoms with van der Waals surface area (Å²) in [6.07, 6.45) is 59.0. The number of aliphatic hydroxyl groups excluding tert-OH is 1. The minimum Gasteiger partial charge on any atom is -0.462 e. The molecule has 0 aromatic rings. The van der Waals surface area contributed by atoms with Crippen molar-refractivity contribution in [3.05, 3.63) is 60.8 Å². The summed E-state index contributed by atoms with van der Waals surface area (Å²) in [5.41, 5.74) is 0. The van der Waals surface area contributed by atoms with Gasteiger partial charge in [0.25, 0.3) is 0 Å². The summed E-state index contributed by atoms with van der Waals surface area (Å²) >= 11 is 0. The standard InChI is InChI=1S/C60H107O11P/c1-4-7-10-13-16-19-22-24-26-28-30-32-35-38-41-44-47-50-59(63)70-56(52-61)54-68-72(65,66)69-55-57(53-67-58(62)49-46-43-40-37-34-21-18-15-12-9-6-3)71-60(64)51-48-45-42-39-36-33-31-29-27-25-23-20-17-14-11-8-5-2/h8,11,17,20,25,27,31,33,39,42,56-57,61H,4-7,9-10,12-16,18-19,21-24,26,28-30,32,34-38,40-41,43-55H2,1-3H3,(H,65,66)/b11-8-,20-17-,27-25-,33-31-,42-39-. The molecule has 3 unspecified atom stereocenters. The van der Waals surface area contributed by atoms with Crippen molar-refractivity contribution in [1.29, 1.82) is 0 Å². The van der Waals surface area contributed by atoms with Crippen LogP contribution in [0.1, 0.15) is 265 Å². The Morgan fingerprint density at radius 1 is 0.403 bits per heavy atom. The number of aliphatic hydroxyl groups is 1. The highest BCUT2D eigenvalue weighted by atomic mass is 31.2. The molecule has 0 amide bonds. The number of phosphoric ester groups is 1. The van der Waals surface area contributed by atoms with Gasteiger partial charge in [-0.15, -0.1) is 0 Å². The van der Waals surface area contributed by atoms with E-state index in [1.807, 2.05) is 12.2 Å². The summed E-state index contributed by atoms with van der Waals surface area (Å²) in [4.78, 5) is 48.5. The Kier molecular flexibility index (Phi) is 52.3. The molecule has 0 rings (SSSR count). The highest BCUT2D eigenvalue weighted by Gasteiger charge is 2.28. The second-order valence-corrected chi connectivity index (χ2v) is 20.9.